The van der Waals surface area contributed by atoms with E-state index in [2.05, 4.69) is 18.9 Å². The Labute approximate surface area is 78.4 Å². The highest BCUT2D eigenvalue weighted by molar-refractivity contribution is 5.17. The van der Waals surface area contributed by atoms with Gasteiger partial charge in [-0.05, 0) is 5.56 Å². The Balaban J connectivity index is 2.79. The Morgan fingerprint density at radius 3 is 2.85 bits per heavy atom. The molecule has 0 unspecified atom stereocenters. The first-order chi connectivity index (χ1) is 6.10. The van der Waals surface area contributed by atoms with Crippen molar-refractivity contribution in [2.24, 2.45) is 5.73 Å². The maximum absolute atomic E-state index is 8.70. The summed E-state index contributed by atoms with van der Waals surface area (Å²) in [5.41, 5.74) is 6.72. The van der Waals surface area contributed by atoms with Gasteiger partial charge in [0.1, 0.15) is 0 Å². The van der Waals surface area contributed by atoms with Crippen LogP contribution in [0.15, 0.2) is 12.4 Å². The van der Waals surface area contributed by atoms with E-state index in [1.54, 1.807) is 4.68 Å². The predicted octanol–water partition coefficient (Wildman–Crippen LogP) is 0.112. The summed E-state index contributed by atoms with van der Waals surface area (Å²) in [6.07, 6.45) is 3.74. The molecule has 13 heavy (non-hydrogen) atoms. The largest absolute Gasteiger partial charge is 0.394 e. The minimum Gasteiger partial charge on any atom is -0.394 e. The van der Waals surface area contributed by atoms with Crippen molar-refractivity contribution in [2.45, 2.75) is 25.8 Å². The highest BCUT2D eigenvalue weighted by Crippen LogP contribution is 2.20. The molecule has 0 atom stereocenters. The summed E-state index contributed by atoms with van der Waals surface area (Å²) in [6.45, 7) is 5.41. The van der Waals surface area contributed by atoms with Gasteiger partial charge in [0.2, 0.25) is 0 Å². The predicted molar refractivity (Wildman–Crippen MR) is 51.4 cm³/mol. The van der Waals surface area contributed by atoms with Gasteiger partial charge in [-0.15, -0.1) is 0 Å². The van der Waals surface area contributed by atoms with Crippen LogP contribution in [-0.4, -0.2) is 28.0 Å². The van der Waals surface area contributed by atoms with Crippen molar-refractivity contribution >= 4 is 0 Å². The third-order valence-corrected chi connectivity index (χ3v) is 2.25. The van der Waals surface area contributed by atoms with Gasteiger partial charge >= 0.3 is 0 Å². The number of hydrogen-bond donors (Lipinski definition) is 2. The Morgan fingerprint density at radius 1 is 1.62 bits per heavy atom. The third-order valence-electron chi connectivity index (χ3n) is 2.25. The van der Waals surface area contributed by atoms with Crippen molar-refractivity contribution in [3.8, 4) is 0 Å². The molecule has 0 aliphatic carbocycles. The number of hydrogen-bond acceptors (Lipinski definition) is 3. The average Bonchev–Trinajstić information content (AvgIpc) is 2.54. The van der Waals surface area contributed by atoms with Crippen LogP contribution in [-0.2, 0) is 12.0 Å². The molecule has 0 fully saturated rings. The van der Waals surface area contributed by atoms with Gasteiger partial charge in [0.15, 0.2) is 0 Å². The Kier molecular flexibility index (Phi) is 3.06. The van der Waals surface area contributed by atoms with E-state index >= 15 is 0 Å². The van der Waals surface area contributed by atoms with Gasteiger partial charge in [0.25, 0.3) is 0 Å². The van der Waals surface area contributed by atoms with E-state index in [9.17, 15) is 0 Å². The summed E-state index contributed by atoms with van der Waals surface area (Å²) in [6, 6.07) is 0. The van der Waals surface area contributed by atoms with Gasteiger partial charge in [-0.2, -0.15) is 5.10 Å². The molecule has 0 aromatic carbocycles. The van der Waals surface area contributed by atoms with Gasteiger partial charge in [-0.25, -0.2) is 0 Å². The first-order valence-corrected chi connectivity index (χ1v) is 4.44. The first kappa shape index (κ1) is 10.2. The fourth-order valence-electron chi connectivity index (χ4n) is 1.06. The monoisotopic (exact) mass is 183 g/mol. The van der Waals surface area contributed by atoms with Gasteiger partial charge in [-0.3, -0.25) is 4.68 Å². The van der Waals surface area contributed by atoms with Crippen LogP contribution < -0.4 is 5.73 Å². The maximum Gasteiger partial charge on any atom is 0.0640 e. The molecule has 74 valence electrons. The Bertz CT molecular complexity index is 268. The molecule has 0 saturated heterocycles. The second-order valence-electron chi connectivity index (χ2n) is 3.80. The quantitative estimate of drug-likeness (QED) is 0.696. The van der Waals surface area contributed by atoms with Crippen LogP contribution in [0.3, 0.4) is 0 Å². The molecule has 1 aromatic heterocycles. The summed E-state index contributed by atoms with van der Waals surface area (Å²) in [5, 5.41) is 12.8. The van der Waals surface area contributed by atoms with Crippen molar-refractivity contribution in [1.82, 2.24) is 9.78 Å². The molecule has 1 heterocycles. The van der Waals surface area contributed by atoms with Gasteiger partial charge in [-0.1, -0.05) is 13.8 Å². The second kappa shape index (κ2) is 3.89. The van der Waals surface area contributed by atoms with Crippen LogP contribution in [0.1, 0.15) is 19.4 Å². The molecule has 0 saturated carbocycles. The molecular formula is C9H17N3O. The average molecular weight is 183 g/mol. The lowest BCUT2D eigenvalue weighted by molar-refractivity contribution is 0.269. The van der Waals surface area contributed by atoms with E-state index in [0.717, 1.165) is 5.56 Å². The highest BCUT2D eigenvalue weighted by Gasteiger charge is 2.19. The smallest absolute Gasteiger partial charge is 0.0640 e. The van der Waals surface area contributed by atoms with E-state index in [0.29, 0.717) is 13.1 Å². The van der Waals surface area contributed by atoms with Crippen LogP contribution >= 0.6 is 0 Å². The Morgan fingerprint density at radius 2 is 2.31 bits per heavy atom. The van der Waals surface area contributed by atoms with Crippen LogP contribution in [0, 0.1) is 0 Å². The summed E-state index contributed by atoms with van der Waals surface area (Å²) in [4.78, 5) is 0. The van der Waals surface area contributed by atoms with Gasteiger partial charge < -0.3 is 10.8 Å². The van der Waals surface area contributed by atoms with Crippen molar-refractivity contribution in [1.29, 1.82) is 0 Å². The van der Waals surface area contributed by atoms with Crippen LogP contribution in [0.5, 0.6) is 0 Å². The van der Waals surface area contributed by atoms with Crippen molar-refractivity contribution in [3.63, 3.8) is 0 Å². The Hall–Kier alpha value is -0.870. The van der Waals surface area contributed by atoms with Gasteiger partial charge in [0.05, 0.1) is 19.3 Å². The molecule has 0 spiro atoms. The molecule has 1 aromatic rings. The minimum atomic E-state index is -0.0340. The normalized spacial score (nSPS) is 12.0. The van der Waals surface area contributed by atoms with E-state index in [1.807, 2.05) is 12.4 Å². The topological polar surface area (TPSA) is 64.1 Å². The molecule has 0 radical (unpaired) electrons. The highest BCUT2D eigenvalue weighted by atomic mass is 16.3. The molecule has 3 N–H and O–H groups in total. The molecule has 0 bridgehead atoms. The fraction of sp³-hybridized carbons (Fsp3) is 0.667. The van der Waals surface area contributed by atoms with E-state index in [4.69, 9.17) is 10.8 Å². The SMILES string of the molecule is CC(C)(CN)c1cnn(CCO)c1. The van der Waals surface area contributed by atoms with Gasteiger partial charge in [0, 0.05) is 18.2 Å². The molecule has 0 aliphatic heterocycles. The summed E-state index contributed by atoms with van der Waals surface area (Å²) < 4.78 is 1.73. The molecule has 1 rings (SSSR count). The van der Waals surface area contributed by atoms with E-state index in [-0.39, 0.29) is 12.0 Å². The second-order valence-corrected chi connectivity index (χ2v) is 3.80. The zero-order valence-corrected chi connectivity index (χ0v) is 8.20. The van der Waals surface area contributed by atoms with E-state index < -0.39 is 0 Å². The zero-order valence-electron chi connectivity index (χ0n) is 8.20. The number of aliphatic hydroxyl groups is 1. The van der Waals surface area contributed by atoms with Crippen molar-refractivity contribution < 1.29 is 5.11 Å². The molecule has 0 aliphatic rings. The lowest BCUT2D eigenvalue weighted by Crippen LogP contribution is -2.27. The van der Waals surface area contributed by atoms with Crippen LogP contribution in [0.25, 0.3) is 0 Å². The van der Waals surface area contributed by atoms with Crippen molar-refractivity contribution in [3.05, 3.63) is 18.0 Å². The van der Waals surface area contributed by atoms with Crippen molar-refractivity contribution in [2.75, 3.05) is 13.2 Å². The number of rotatable bonds is 4. The molecule has 4 nitrogen and oxygen atoms in total. The molecule has 4 heteroatoms. The number of nitrogens with two attached hydrogens (primary N) is 1. The zero-order chi connectivity index (χ0) is 9.90. The van der Waals surface area contributed by atoms with E-state index in [1.165, 1.54) is 0 Å². The number of aliphatic hydroxyl groups excluding tert-OH is 1. The lowest BCUT2D eigenvalue weighted by atomic mass is 9.87. The van der Waals surface area contributed by atoms with Crippen LogP contribution in [0.2, 0.25) is 0 Å². The molecular weight excluding hydrogens is 166 g/mol. The third kappa shape index (κ3) is 2.29. The summed E-state index contributed by atoms with van der Waals surface area (Å²) in [7, 11) is 0. The van der Waals surface area contributed by atoms with Crippen LogP contribution in [0.4, 0.5) is 0 Å². The summed E-state index contributed by atoms with van der Waals surface area (Å²) >= 11 is 0. The lowest BCUT2D eigenvalue weighted by Gasteiger charge is -2.19. The fourth-order valence-corrected chi connectivity index (χ4v) is 1.06. The summed E-state index contributed by atoms with van der Waals surface area (Å²) in [5.74, 6) is 0. The first-order valence-electron chi connectivity index (χ1n) is 4.44. The molecule has 0 amide bonds. The number of nitrogens with zero attached hydrogens (tertiary/aromatic N) is 2. The standard InChI is InChI=1S/C9H17N3O/c1-9(2,7-10)8-5-11-12(6-8)3-4-13/h5-6,13H,3-4,7,10H2,1-2H3. The maximum atomic E-state index is 8.70. The number of aromatic nitrogens is 2. The minimum absolute atomic E-state index is 0.0340.